The molecule has 0 radical (unpaired) electrons. The first-order valence-corrected chi connectivity index (χ1v) is 10.7. The molecule has 1 aliphatic carbocycles. The summed E-state index contributed by atoms with van der Waals surface area (Å²) < 4.78 is 11.0. The average molecular weight is 389 g/mol. The Morgan fingerprint density at radius 1 is 1.32 bits per heavy atom. The highest BCUT2D eigenvalue weighted by Crippen LogP contribution is 2.40. The van der Waals surface area contributed by atoms with Gasteiger partial charge in [0.2, 0.25) is 0 Å². The van der Waals surface area contributed by atoms with Gasteiger partial charge in [-0.3, -0.25) is 0 Å². The number of unbranched alkanes of at least 4 members (excludes halogenated alkanes) is 1. The third kappa shape index (κ3) is 6.38. The number of rotatable bonds is 8. The van der Waals surface area contributed by atoms with E-state index in [9.17, 15) is 10.1 Å². The number of morpholine rings is 1. The van der Waals surface area contributed by atoms with Gasteiger partial charge >= 0.3 is 5.97 Å². The second kappa shape index (κ2) is 10.7. The van der Waals surface area contributed by atoms with Gasteiger partial charge in [-0.2, -0.15) is 5.26 Å². The van der Waals surface area contributed by atoms with E-state index in [1.165, 1.54) is 5.70 Å². The normalized spacial score (nSPS) is 22.1. The highest BCUT2D eigenvalue weighted by atomic mass is 16.5. The van der Waals surface area contributed by atoms with Crippen LogP contribution in [0.3, 0.4) is 0 Å². The predicted octanol–water partition coefficient (Wildman–Crippen LogP) is 4.60. The van der Waals surface area contributed by atoms with Gasteiger partial charge in [0.05, 0.1) is 19.8 Å². The van der Waals surface area contributed by atoms with E-state index >= 15 is 0 Å². The van der Waals surface area contributed by atoms with Crippen LogP contribution in [0.1, 0.15) is 66.2 Å². The fourth-order valence-corrected chi connectivity index (χ4v) is 4.00. The van der Waals surface area contributed by atoms with Crippen molar-refractivity contribution in [3.63, 3.8) is 0 Å². The summed E-state index contributed by atoms with van der Waals surface area (Å²) in [6, 6.07) is 2.14. The fourth-order valence-electron chi connectivity index (χ4n) is 4.00. The molecule has 5 nitrogen and oxygen atoms in total. The number of ether oxygens (including phenoxy) is 2. The van der Waals surface area contributed by atoms with Gasteiger partial charge in [-0.1, -0.05) is 47.0 Å². The second-order valence-electron chi connectivity index (χ2n) is 8.78. The van der Waals surface area contributed by atoms with Crippen LogP contribution in [0.5, 0.6) is 0 Å². The van der Waals surface area contributed by atoms with Crippen molar-refractivity contribution in [3.8, 4) is 6.07 Å². The lowest BCUT2D eigenvalue weighted by Crippen LogP contribution is -2.38. The van der Waals surface area contributed by atoms with Crippen molar-refractivity contribution in [3.05, 3.63) is 22.9 Å². The number of hydrogen-bond acceptors (Lipinski definition) is 5. The summed E-state index contributed by atoms with van der Waals surface area (Å²) in [6.07, 6.45) is 8.03. The topological polar surface area (TPSA) is 62.6 Å². The maximum absolute atomic E-state index is 12.7. The van der Waals surface area contributed by atoms with Crippen molar-refractivity contribution in [1.29, 1.82) is 5.26 Å². The van der Waals surface area contributed by atoms with Crippen LogP contribution in [0.15, 0.2) is 22.9 Å². The van der Waals surface area contributed by atoms with Crippen molar-refractivity contribution in [2.24, 2.45) is 11.3 Å². The number of esters is 1. The summed E-state index contributed by atoms with van der Waals surface area (Å²) in [7, 11) is 0. The Bertz CT molecular complexity index is 637. The molecule has 0 N–H and O–H groups in total. The molecule has 1 heterocycles. The van der Waals surface area contributed by atoms with Crippen LogP contribution in [-0.4, -0.2) is 43.8 Å². The summed E-state index contributed by atoms with van der Waals surface area (Å²) in [6.45, 7) is 12.2. The maximum atomic E-state index is 12.7. The Morgan fingerprint density at radius 2 is 2.04 bits per heavy atom. The zero-order chi connectivity index (χ0) is 20.6. The number of hydrogen-bond donors (Lipinski definition) is 0. The minimum Gasteiger partial charge on any atom is -0.461 e. The first kappa shape index (κ1) is 22.5. The molecule has 0 aromatic heterocycles. The number of nitrogens with zero attached hydrogens (tertiary/aromatic N) is 2. The average Bonchev–Trinajstić information content (AvgIpc) is 2.68. The van der Waals surface area contributed by atoms with E-state index in [1.54, 1.807) is 0 Å². The van der Waals surface area contributed by atoms with Gasteiger partial charge in [0.1, 0.15) is 11.6 Å². The van der Waals surface area contributed by atoms with Crippen LogP contribution in [0, 0.1) is 22.7 Å². The number of carbonyl (C=O) groups excluding carboxylic acids is 1. The molecule has 1 saturated heterocycles. The van der Waals surface area contributed by atoms with E-state index in [2.05, 4.69) is 38.7 Å². The van der Waals surface area contributed by atoms with Gasteiger partial charge < -0.3 is 14.4 Å². The first-order chi connectivity index (χ1) is 13.4. The van der Waals surface area contributed by atoms with Gasteiger partial charge in [0.15, 0.2) is 0 Å². The molecular formula is C23H36N2O3. The van der Waals surface area contributed by atoms with E-state index in [0.29, 0.717) is 18.9 Å². The summed E-state index contributed by atoms with van der Waals surface area (Å²) >= 11 is 0. The van der Waals surface area contributed by atoms with Gasteiger partial charge in [-0.15, -0.1) is 0 Å². The SMILES string of the molecule is CCCCC(CC)COC(=O)/C(C#N)=C1\C=C(N2CCOCC2)CC(C)(C)C1. The highest BCUT2D eigenvalue weighted by Gasteiger charge is 2.31. The molecule has 28 heavy (non-hydrogen) atoms. The summed E-state index contributed by atoms with van der Waals surface area (Å²) in [5.41, 5.74) is 2.19. The standard InChI is InChI=1S/C23H36N2O3/c1-5-7-8-18(6-2)17-28-22(26)21(16-24)19-13-20(15-23(3,4)14-19)25-9-11-27-12-10-25/h13,18H,5-12,14-15,17H2,1-4H3/b21-19+. The van der Waals surface area contributed by atoms with Crippen molar-refractivity contribution in [1.82, 2.24) is 4.90 Å². The van der Waals surface area contributed by atoms with Gasteiger partial charge in [0, 0.05) is 18.8 Å². The van der Waals surface area contributed by atoms with E-state index in [4.69, 9.17) is 9.47 Å². The van der Waals surface area contributed by atoms with Gasteiger partial charge in [-0.05, 0) is 42.2 Å². The zero-order valence-electron chi connectivity index (χ0n) is 18.1. The monoisotopic (exact) mass is 388 g/mol. The fraction of sp³-hybridized carbons (Fsp3) is 0.739. The molecule has 2 aliphatic rings. The quantitative estimate of drug-likeness (QED) is 0.345. The Balaban J connectivity index is 2.17. The smallest absolute Gasteiger partial charge is 0.349 e. The molecule has 0 amide bonds. The summed E-state index contributed by atoms with van der Waals surface area (Å²) in [5, 5.41) is 9.71. The van der Waals surface area contributed by atoms with Crippen LogP contribution in [0.25, 0.3) is 0 Å². The number of allylic oxidation sites excluding steroid dienone is 3. The Hall–Kier alpha value is -1.80. The lowest BCUT2D eigenvalue weighted by molar-refractivity contribution is -0.140. The summed E-state index contributed by atoms with van der Waals surface area (Å²) in [4.78, 5) is 15.0. The minimum atomic E-state index is -0.470. The van der Waals surface area contributed by atoms with Crippen molar-refractivity contribution in [2.45, 2.75) is 66.2 Å². The highest BCUT2D eigenvalue weighted by molar-refractivity contribution is 5.94. The van der Waals surface area contributed by atoms with Crippen LogP contribution in [-0.2, 0) is 14.3 Å². The molecule has 1 unspecified atom stereocenters. The van der Waals surface area contributed by atoms with Crippen LogP contribution < -0.4 is 0 Å². The molecule has 1 aliphatic heterocycles. The molecular weight excluding hydrogens is 352 g/mol. The molecule has 156 valence electrons. The lowest BCUT2D eigenvalue weighted by Gasteiger charge is -2.39. The third-order valence-corrected chi connectivity index (χ3v) is 5.72. The largest absolute Gasteiger partial charge is 0.461 e. The Labute approximate surface area is 170 Å². The lowest BCUT2D eigenvalue weighted by atomic mass is 9.75. The van der Waals surface area contributed by atoms with Gasteiger partial charge in [-0.25, -0.2) is 4.79 Å². The van der Waals surface area contributed by atoms with Gasteiger partial charge in [0.25, 0.3) is 0 Å². The van der Waals surface area contributed by atoms with Crippen LogP contribution in [0.2, 0.25) is 0 Å². The van der Waals surface area contributed by atoms with Crippen LogP contribution in [0.4, 0.5) is 0 Å². The molecule has 0 aromatic rings. The maximum Gasteiger partial charge on any atom is 0.349 e. The minimum absolute atomic E-state index is 0.00712. The van der Waals surface area contributed by atoms with E-state index in [1.807, 2.05) is 6.08 Å². The molecule has 1 fully saturated rings. The predicted molar refractivity (Wildman–Crippen MR) is 110 cm³/mol. The first-order valence-electron chi connectivity index (χ1n) is 10.7. The molecule has 1 atom stereocenters. The number of nitriles is 1. The third-order valence-electron chi connectivity index (χ3n) is 5.72. The second-order valence-corrected chi connectivity index (χ2v) is 8.78. The Morgan fingerprint density at radius 3 is 2.64 bits per heavy atom. The van der Waals surface area contributed by atoms with E-state index < -0.39 is 5.97 Å². The van der Waals surface area contributed by atoms with E-state index in [-0.39, 0.29) is 11.0 Å². The summed E-state index contributed by atoms with van der Waals surface area (Å²) in [5.74, 6) is -0.0983. The number of carbonyl (C=O) groups is 1. The molecule has 0 saturated carbocycles. The van der Waals surface area contributed by atoms with E-state index in [0.717, 1.165) is 64.0 Å². The Kier molecular flexibility index (Phi) is 8.57. The van der Waals surface area contributed by atoms with Crippen molar-refractivity contribution >= 4 is 5.97 Å². The van der Waals surface area contributed by atoms with Crippen molar-refractivity contribution in [2.75, 3.05) is 32.9 Å². The molecule has 2 rings (SSSR count). The molecule has 5 heteroatoms. The molecule has 0 spiro atoms. The molecule has 0 aromatic carbocycles. The molecule has 0 bridgehead atoms. The van der Waals surface area contributed by atoms with Crippen LogP contribution >= 0.6 is 0 Å². The zero-order valence-corrected chi connectivity index (χ0v) is 18.1. The van der Waals surface area contributed by atoms with Crippen molar-refractivity contribution < 1.29 is 14.3 Å².